The number of nitrogens with two attached hydrogens (primary N) is 1. The first-order valence-electron chi connectivity index (χ1n) is 7.80. The van der Waals surface area contributed by atoms with Crippen LogP contribution in [0, 0.1) is 0 Å². The topological polar surface area (TPSA) is 102 Å². The van der Waals surface area contributed by atoms with Gasteiger partial charge < -0.3 is 20.9 Å². The highest BCUT2D eigenvalue weighted by Gasteiger charge is 2.15. The molecule has 0 saturated carbocycles. The molecule has 6 nitrogen and oxygen atoms in total. The normalized spacial score (nSPS) is 10.2. The molecular formula is C20H16N2O4. The maximum atomic E-state index is 12.4. The minimum atomic E-state index is -1.15. The molecule has 0 aliphatic carbocycles. The highest BCUT2D eigenvalue weighted by molar-refractivity contribution is 6.08. The van der Waals surface area contributed by atoms with Crippen LogP contribution in [0.25, 0.3) is 0 Å². The summed E-state index contributed by atoms with van der Waals surface area (Å²) in [6.07, 6.45) is 0. The molecule has 0 aliphatic heterocycles. The van der Waals surface area contributed by atoms with Crippen LogP contribution in [0.15, 0.2) is 72.8 Å². The lowest BCUT2D eigenvalue weighted by Crippen LogP contribution is -2.15. The van der Waals surface area contributed by atoms with Crippen LogP contribution >= 0.6 is 0 Å². The summed E-state index contributed by atoms with van der Waals surface area (Å²) in [5, 5.41) is 12.0. The standard InChI is InChI=1S/C20H16N2O4/c21-14-8-6-13(7-9-14)19(23)22-18-12-16(10-11-17(18)20(24)25)26-15-4-2-1-3-5-15/h1-12H,21H2,(H,22,23)(H,24,25). The number of carboxylic acid groups (broad SMARTS) is 1. The van der Waals surface area contributed by atoms with E-state index in [1.54, 1.807) is 36.4 Å². The molecule has 3 rings (SSSR count). The Kier molecular flexibility index (Phi) is 4.85. The number of aromatic carboxylic acids is 1. The van der Waals surface area contributed by atoms with Crippen LogP contribution in [0.1, 0.15) is 20.7 Å². The van der Waals surface area contributed by atoms with Crippen molar-refractivity contribution in [3.05, 3.63) is 83.9 Å². The number of nitrogens with one attached hydrogen (secondary N) is 1. The summed E-state index contributed by atoms with van der Waals surface area (Å²) in [5.41, 5.74) is 6.62. The molecule has 0 saturated heterocycles. The van der Waals surface area contributed by atoms with Gasteiger partial charge in [0.05, 0.1) is 11.3 Å². The van der Waals surface area contributed by atoms with E-state index in [2.05, 4.69) is 5.32 Å². The van der Waals surface area contributed by atoms with Crippen LogP contribution in [0.5, 0.6) is 11.5 Å². The fraction of sp³-hybridized carbons (Fsp3) is 0. The van der Waals surface area contributed by atoms with E-state index < -0.39 is 11.9 Å². The molecule has 1 amide bonds. The van der Waals surface area contributed by atoms with Crippen LogP contribution in [-0.4, -0.2) is 17.0 Å². The minimum Gasteiger partial charge on any atom is -0.478 e. The predicted octanol–water partition coefficient (Wildman–Crippen LogP) is 4.01. The zero-order chi connectivity index (χ0) is 18.5. The molecule has 3 aromatic carbocycles. The lowest BCUT2D eigenvalue weighted by Gasteiger charge is -2.12. The Morgan fingerprint density at radius 2 is 1.58 bits per heavy atom. The SMILES string of the molecule is Nc1ccc(C(=O)Nc2cc(Oc3ccccc3)ccc2C(=O)O)cc1. The number of rotatable bonds is 5. The number of para-hydroxylation sites is 1. The summed E-state index contributed by atoms with van der Waals surface area (Å²) in [6.45, 7) is 0. The molecule has 0 atom stereocenters. The second kappa shape index (κ2) is 7.40. The van der Waals surface area contributed by atoms with Gasteiger partial charge in [0.25, 0.3) is 5.91 Å². The van der Waals surface area contributed by atoms with Gasteiger partial charge in [0.2, 0.25) is 0 Å². The van der Waals surface area contributed by atoms with Gasteiger partial charge in [0, 0.05) is 17.3 Å². The van der Waals surface area contributed by atoms with E-state index in [1.165, 1.54) is 18.2 Å². The number of carbonyl (C=O) groups is 2. The molecule has 0 aliphatic rings. The summed E-state index contributed by atoms with van der Waals surface area (Å²) < 4.78 is 5.70. The average Bonchev–Trinajstić information content (AvgIpc) is 2.63. The molecule has 0 spiro atoms. The first-order chi connectivity index (χ1) is 12.5. The summed E-state index contributed by atoms with van der Waals surface area (Å²) in [4.78, 5) is 23.8. The molecule has 0 unspecified atom stereocenters. The number of hydrogen-bond donors (Lipinski definition) is 3. The molecule has 0 fully saturated rings. The lowest BCUT2D eigenvalue weighted by atomic mass is 10.1. The van der Waals surface area contributed by atoms with Gasteiger partial charge in [0.1, 0.15) is 11.5 Å². The minimum absolute atomic E-state index is 0.0331. The van der Waals surface area contributed by atoms with E-state index in [0.717, 1.165) is 0 Å². The fourth-order valence-corrected chi connectivity index (χ4v) is 2.33. The molecule has 0 radical (unpaired) electrons. The summed E-state index contributed by atoms with van der Waals surface area (Å²) >= 11 is 0. The van der Waals surface area contributed by atoms with E-state index in [4.69, 9.17) is 10.5 Å². The zero-order valence-electron chi connectivity index (χ0n) is 13.7. The highest BCUT2D eigenvalue weighted by atomic mass is 16.5. The largest absolute Gasteiger partial charge is 0.478 e. The Bertz CT molecular complexity index is 938. The van der Waals surface area contributed by atoms with Gasteiger partial charge in [-0.05, 0) is 48.5 Å². The van der Waals surface area contributed by atoms with E-state index in [0.29, 0.717) is 22.7 Å². The highest BCUT2D eigenvalue weighted by Crippen LogP contribution is 2.27. The van der Waals surface area contributed by atoms with Crippen LogP contribution in [-0.2, 0) is 0 Å². The van der Waals surface area contributed by atoms with Crippen LogP contribution in [0.4, 0.5) is 11.4 Å². The maximum Gasteiger partial charge on any atom is 0.337 e. The Labute approximate surface area is 149 Å². The monoisotopic (exact) mass is 348 g/mol. The van der Waals surface area contributed by atoms with Crippen molar-refractivity contribution >= 4 is 23.3 Å². The summed E-state index contributed by atoms with van der Waals surface area (Å²) in [5.74, 6) is -0.576. The van der Waals surface area contributed by atoms with E-state index in [-0.39, 0.29) is 11.3 Å². The van der Waals surface area contributed by atoms with Gasteiger partial charge in [-0.2, -0.15) is 0 Å². The third-order valence-electron chi connectivity index (χ3n) is 3.62. The Morgan fingerprint density at radius 1 is 0.885 bits per heavy atom. The molecule has 0 heterocycles. The zero-order valence-corrected chi connectivity index (χ0v) is 13.7. The van der Waals surface area contributed by atoms with E-state index in [9.17, 15) is 14.7 Å². The van der Waals surface area contributed by atoms with Crippen molar-refractivity contribution in [2.45, 2.75) is 0 Å². The number of benzene rings is 3. The van der Waals surface area contributed by atoms with E-state index in [1.807, 2.05) is 18.2 Å². The van der Waals surface area contributed by atoms with Gasteiger partial charge in [-0.25, -0.2) is 4.79 Å². The number of anilines is 2. The quantitative estimate of drug-likeness (QED) is 0.605. The van der Waals surface area contributed by atoms with Crippen LogP contribution in [0.3, 0.4) is 0 Å². The maximum absolute atomic E-state index is 12.4. The van der Waals surface area contributed by atoms with Crippen molar-refractivity contribution < 1.29 is 19.4 Å². The number of carboxylic acids is 1. The number of carbonyl (C=O) groups excluding carboxylic acids is 1. The van der Waals surface area contributed by atoms with Gasteiger partial charge in [0.15, 0.2) is 0 Å². The molecule has 0 aromatic heterocycles. The lowest BCUT2D eigenvalue weighted by molar-refractivity contribution is 0.0698. The molecule has 6 heteroatoms. The Morgan fingerprint density at radius 3 is 2.23 bits per heavy atom. The molecule has 4 N–H and O–H groups in total. The molecule has 0 bridgehead atoms. The van der Waals surface area contributed by atoms with Crippen molar-refractivity contribution in [1.29, 1.82) is 0 Å². The van der Waals surface area contributed by atoms with Crippen molar-refractivity contribution in [3.63, 3.8) is 0 Å². The van der Waals surface area contributed by atoms with Crippen LogP contribution < -0.4 is 15.8 Å². The third-order valence-corrected chi connectivity index (χ3v) is 3.62. The second-order valence-electron chi connectivity index (χ2n) is 5.50. The first-order valence-corrected chi connectivity index (χ1v) is 7.80. The fourth-order valence-electron chi connectivity index (χ4n) is 2.33. The number of ether oxygens (including phenoxy) is 1. The Hall–Kier alpha value is -3.80. The summed E-state index contributed by atoms with van der Waals surface area (Å²) in [6, 6.07) is 19.8. The second-order valence-corrected chi connectivity index (χ2v) is 5.50. The van der Waals surface area contributed by atoms with Crippen molar-refractivity contribution in [2.24, 2.45) is 0 Å². The smallest absolute Gasteiger partial charge is 0.337 e. The number of amides is 1. The Balaban J connectivity index is 1.88. The average molecular weight is 348 g/mol. The first kappa shape index (κ1) is 17.0. The van der Waals surface area contributed by atoms with Crippen molar-refractivity contribution in [1.82, 2.24) is 0 Å². The summed E-state index contributed by atoms with van der Waals surface area (Å²) in [7, 11) is 0. The third kappa shape index (κ3) is 3.99. The van der Waals surface area contributed by atoms with Gasteiger partial charge >= 0.3 is 5.97 Å². The number of hydrogen-bond acceptors (Lipinski definition) is 4. The molecular weight excluding hydrogens is 332 g/mol. The van der Waals surface area contributed by atoms with Gasteiger partial charge in [-0.15, -0.1) is 0 Å². The van der Waals surface area contributed by atoms with E-state index >= 15 is 0 Å². The predicted molar refractivity (Wildman–Crippen MR) is 98.7 cm³/mol. The number of nitrogen functional groups attached to an aromatic ring is 1. The van der Waals surface area contributed by atoms with Gasteiger partial charge in [-0.1, -0.05) is 18.2 Å². The van der Waals surface area contributed by atoms with Crippen LogP contribution in [0.2, 0.25) is 0 Å². The molecule has 3 aromatic rings. The van der Waals surface area contributed by atoms with Gasteiger partial charge in [-0.3, -0.25) is 4.79 Å². The molecule has 26 heavy (non-hydrogen) atoms. The molecule has 130 valence electrons. The van der Waals surface area contributed by atoms with Crippen molar-refractivity contribution in [3.8, 4) is 11.5 Å². The van der Waals surface area contributed by atoms with Crippen molar-refractivity contribution in [2.75, 3.05) is 11.1 Å².